The Hall–Kier alpha value is -3.44. The van der Waals surface area contributed by atoms with Crippen LogP contribution in [0, 0.1) is 6.92 Å². The summed E-state index contributed by atoms with van der Waals surface area (Å²) in [7, 11) is 4.35. The molecule has 3 aromatic rings. The van der Waals surface area contributed by atoms with Crippen molar-refractivity contribution in [3.05, 3.63) is 101 Å². The van der Waals surface area contributed by atoms with Crippen LogP contribution in [0.3, 0.4) is 0 Å². The lowest BCUT2D eigenvalue weighted by Gasteiger charge is -2.45. The topological polar surface area (TPSA) is 58.6 Å². The number of aryl methyl sites for hydroxylation is 2. The number of ether oxygens (including phenoxy) is 1. The molecular formula is C32H38N2O3. The average Bonchev–Trinajstić information content (AvgIpc) is 2.90. The van der Waals surface area contributed by atoms with Crippen LogP contribution in [0.25, 0.3) is 0 Å². The first kappa shape index (κ1) is 26.6. The standard InChI is InChI=1S/C32H38N2O3/c1-24-10-9-11-25(22-24)23-32(34(2)3)20-18-28(19-21-32)33-30(35)17-16-26-12-7-8-15-29(26)37-31(36)27-13-5-4-6-14-27/h4-15,22,28H,16-21,23H2,1-3H3,(H,33,35). The third-order valence-corrected chi connectivity index (χ3v) is 7.65. The highest BCUT2D eigenvalue weighted by Gasteiger charge is 2.37. The summed E-state index contributed by atoms with van der Waals surface area (Å²) in [6, 6.07) is 25.4. The van der Waals surface area contributed by atoms with Gasteiger partial charge >= 0.3 is 5.97 Å². The molecule has 1 N–H and O–H groups in total. The van der Waals surface area contributed by atoms with Gasteiger partial charge in [0.05, 0.1) is 5.56 Å². The third-order valence-electron chi connectivity index (χ3n) is 7.65. The Kier molecular flexibility index (Phi) is 8.78. The normalized spacial score (nSPS) is 19.4. The second kappa shape index (κ2) is 12.2. The van der Waals surface area contributed by atoms with Gasteiger partial charge in [0, 0.05) is 18.0 Å². The number of nitrogens with one attached hydrogen (secondary N) is 1. The predicted molar refractivity (Wildman–Crippen MR) is 148 cm³/mol. The van der Waals surface area contributed by atoms with E-state index in [1.807, 2.05) is 36.4 Å². The van der Waals surface area contributed by atoms with Crippen molar-refractivity contribution in [1.29, 1.82) is 0 Å². The van der Waals surface area contributed by atoms with Crippen LogP contribution in [0.4, 0.5) is 0 Å². The number of rotatable bonds is 9. The largest absolute Gasteiger partial charge is 0.423 e. The van der Waals surface area contributed by atoms with E-state index >= 15 is 0 Å². The number of esters is 1. The molecule has 0 aliphatic heterocycles. The molecule has 1 fully saturated rings. The van der Waals surface area contributed by atoms with E-state index < -0.39 is 5.97 Å². The zero-order valence-electron chi connectivity index (χ0n) is 22.2. The van der Waals surface area contributed by atoms with E-state index in [4.69, 9.17) is 4.74 Å². The van der Waals surface area contributed by atoms with Gasteiger partial charge in [-0.1, -0.05) is 66.2 Å². The van der Waals surface area contributed by atoms with Gasteiger partial charge in [-0.2, -0.15) is 0 Å². The minimum atomic E-state index is -0.394. The van der Waals surface area contributed by atoms with Gasteiger partial charge in [-0.05, 0) is 88.9 Å². The summed E-state index contributed by atoms with van der Waals surface area (Å²) in [4.78, 5) is 27.7. The van der Waals surface area contributed by atoms with Crippen LogP contribution in [-0.2, 0) is 17.6 Å². The molecule has 0 atom stereocenters. The molecule has 194 valence electrons. The molecule has 1 saturated carbocycles. The summed E-state index contributed by atoms with van der Waals surface area (Å²) in [5.74, 6) is 0.161. The Balaban J connectivity index is 1.29. The molecule has 1 aliphatic carbocycles. The molecule has 4 rings (SSSR count). The minimum Gasteiger partial charge on any atom is -0.423 e. The second-order valence-corrected chi connectivity index (χ2v) is 10.5. The molecule has 0 aromatic heterocycles. The zero-order chi connectivity index (χ0) is 26.3. The zero-order valence-corrected chi connectivity index (χ0v) is 22.2. The van der Waals surface area contributed by atoms with Crippen LogP contribution < -0.4 is 10.1 Å². The van der Waals surface area contributed by atoms with E-state index in [0.717, 1.165) is 37.7 Å². The van der Waals surface area contributed by atoms with Crippen molar-refractivity contribution in [3.8, 4) is 5.75 Å². The Labute approximate surface area is 220 Å². The molecule has 0 saturated heterocycles. The highest BCUT2D eigenvalue weighted by atomic mass is 16.5. The van der Waals surface area contributed by atoms with Crippen molar-refractivity contribution < 1.29 is 14.3 Å². The van der Waals surface area contributed by atoms with Gasteiger partial charge in [0.25, 0.3) is 0 Å². The maximum atomic E-state index is 12.8. The number of carbonyl (C=O) groups excluding carboxylic acids is 2. The fraction of sp³-hybridized carbons (Fsp3) is 0.375. The molecule has 1 amide bonds. The van der Waals surface area contributed by atoms with E-state index in [9.17, 15) is 9.59 Å². The molecule has 37 heavy (non-hydrogen) atoms. The predicted octanol–water partition coefficient (Wildman–Crippen LogP) is 5.75. The number of hydrogen-bond donors (Lipinski definition) is 1. The van der Waals surface area contributed by atoms with Gasteiger partial charge in [-0.3, -0.25) is 4.79 Å². The van der Waals surface area contributed by atoms with Gasteiger partial charge in [-0.15, -0.1) is 0 Å². The molecule has 5 heteroatoms. The first-order valence-corrected chi connectivity index (χ1v) is 13.2. The lowest BCUT2D eigenvalue weighted by Crippen LogP contribution is -2.52. The van der Waals surface area contributed by atoms with Crippen molar-refractivity contribution in [3.63, 3.8) is 0 Å². The summed E-state index contributed by atoms with van der Waals surface area (Å²) in [5.41, 5.74) is 4.15. The van der Waals surface area contributed by atoms with Gasteiger partial charge in [0.2, 0.25) is 5.91 Å². The average molecular weight is 499 g/mol. The number of likely N-dealkylation sites (N-methyl/N-ethyl adjacent to an activating group) is 1. The van der Waals surface area contributed by atoms with Crippen LogP contribution in [0.1, 0.15) is 59.2 Å². The summed E-state index contributed by atoms with van der Waals surface area (Å²) >= 11 is 0. The molecule has 0 radical (unpaired) electrons. The number of para-hydroxylation sites is 1. The molecule has 0 unspecified atom stereocenters. The summed E-state index contributed by atoms with van der Waals surface area (Å²) in [6.45, 7) is 2.14. The van der Waals surface area contributed by atoms with Crippen molar-refractivity contribution in [2.24, 2.45) is 0 Å². The van der Waals surface area contributed by atoms with Crippen molar-refractivity contribution >= 4 is 11.9 Å². The Morgan fingerprint density at radius 1 is 0.946 bits per heavy atom. The monoisotopic (exact) mass is 498 g/mol. The van der Waals surface area contributed by atoms with E-state index in [0.29, 0.717) is 24.2 Å². The van der Waals surface area contributed by atoms with E-state index in [1.165, 1.54) is 11.1 Å². The van der Waals surface area contributed by atoms with E-state index in [2.05, 4.69) is 55.5 Å². The lowest BCUT2D eigenvalue weighted by atomic mass is 9.74. The van der Waals surface area contributed by atoms with Crippen LogP contribution >= 0.6 is 0 Å². The Bertz CT molecular complexity index is 1200. The van der Waals surface area contributed by atoms with Crippen molar-refractivity contribution in [2.75, 3.05) is 14.1 Å². The molecule has 0 bridgehead atoms. The number of nitrogens with zero attached hydrogens (tertiary/aromatic N) is 1. The van der Waals surface area contributed by atoms with Gasteiger partial charge in [0.1, 0.15) is 5.75 Å². The minimum absolute atomic E-state index is 0.0465. The fourth-order valence-electron chi connectivity index (χ4n) is 5.37. The molecule has 1 aliphatic rings. The number of benzene rings is 3. The van der Waals surface area contributed by atoms with Crippen molar-refractivity contribution in [2.45, 2.75) is 63.5 Å². The summed E-state index contributed by atoms with van der Waals surface area (Å²) in [5, 5.41) is 3.26. The second-order valence-electron chi connectivity index (χ2n) is 10.5. The van der Waals surface area contributed by atoms with Crippen LogP contribution in [0.5, 0.6) is 5.75 Å². The molecule has 0 heterocycles. The van der Waals surface area contributed by atoms with Crippen LogP contribution in [-0.4, -0.2) is 42.5 Å². The van der Waals surface area contributed by atoms with Gasteiger partial charge in [0.15, 0.2) is 0 Å². The quantitative estimate of drug-likeness (QED) is 0.302. The number of hydrogen-bond acceptors (Lipinski definition) is 4. The number of carbonyl (C=O) groups is 2. The lowest BCUT2D eigenvalue weighted by molar-refractivity contribution is -0.122. The maximum absolute atomic E-state index is 12.8. The fourth-order valence-corrected chi connectivity index (χ4v) is 5.37. The Morgan fingerprint density at radius 3 is 2.35 bits per heavy atom. The first-order valence-electron chi connectivity index (χ1n) is 13.2. The Morgan fingerprint density at radius 2 is 1.65 bits per heavy atom. The van der Waals surface area contributed by atoms with Gasteiger partial charge in [-0.25, -0.2) is 4.79 Å². The van der Waals surface area contributed by atoms with Crippen LogP contribution in [0.15, 0.2) is 78.9 Å². The smallest absolute Gasteiger partial charge is 0.343 e. The molecule has 0 spiro atoms. The van der Waals surface area contributed by atoms with E-state index in [-0.39, 0.29) is 17.5 Å². The highest BCUT2D eigenvalue weighted by molar-refractivity contribution is 5.91. The highest BCUT2D eigenvalue weighted by Crippen LogP contribution is 2.35. The number of amides is 1. The third kappa shape index (κ3) is 7.07. The van der Waals surface area contributed by atoms with Crippen molar-refractivity contribution in [1.82, 2.24) is 10.2 Å². The van der Waals surface area contributed by atoms with Gasteiger partial charge < -0.3 is 15.0 Å². The van der Waals surface area contributed by atoms with Crippen LogP contribution in [0.2, 0.25) is 0 Å². The van der Waals surface area contributed by atoms with E-state index in [1.54, 1.807) is 18.2 Å². The summed E-state index contributed by atoms with van der Waals surface area (Å²) < 4.78 is 5.64. The first-order chi connectivity index (χ1) is 17.8. The summed E-state index contributed by atoms with van der Waals surface area (Å²) in [6.07, 6.45) is 5.96. The maximum Gasteiger partial charge on any atom is 0.343 e. The molecule has 3 aromatic carbocycles. The SMILES string of the molecule is Cc1cccc(CC2(N(C)C)CCC(NC(=O)CCc3ccccc3OC(=O)c3ccccc3)CC2)c1. The molecular weight excluding hydrogens is 460 g/mol. The molecule has 5 nitrogen and oxygen atoms in total.